The highest BCUT2D eigenvalue weighted by Gasteiger charge is 2.40. The van der Waals surface area contributed by atoms with Crippen molar-refractivity contribution < 1.29 is 21.6 Å². The quantitative estimate of drug-likeness (QED) is 0.791. The first-order valence-corrected chi connectivity index (χ1v) is 8.40. The van der Waals surface area contributed by atoms with Crippen LogP contribution in [0.2, 0.25) is 0 Å². The zero-order chi connectivity index (χ0) is 15.8. The Morgan fingerprint density at radius 2 is 2.05 bits per heavy atom. The standard InChI is InChI=1S/C13H15ClF3NO2S/c1-9-5-6-18(12(9)8-14)21(19,20)11-4-2-3-10(7-11)13(15,16)17/h2-4,7,9,12H,5-6,8H2,1H3. The molecule has 2 unspecified atom stereocenters. The Labute approximate surface area is 126 Å². The molecular weight excluding hydrogens is 327 g/mol. The van der Waals surface area contributed by atoms with E-state index in [4.69, 9.17) is 11.6 Å². The Morgan fingerprint density at radius 3 is 2.62 bits per heavy atom. The third-order valence-corrected chi connectivity index (χ3v) is 5.99. The Balaban J connectivity index is 2.41. The Hall–Kier alpha value is -0.790. The van der Waals surface area contributed by atoms with E-state index in [9.17, 15) is 21.6 Å². The molecular formula is C13H15ClF3NO2S. The van der Waals surface area contributed by atoms with Crippen molar-refractivity contribution in [3.05, 3.63) is 29.8 Å². The zero-order valence-electron chi connectivity index (χ0n) is 11.3. The van der Waals surface area contributed by atoms with Crippen molar-refractivity contribution in [3.63, 3.8) is 0 Å². The van der Waals surface area contributed by atoms with E-state index in [1.807, 2.05) is 6.92 Å². The summed E-state index contributed by atoms with van der Waals surface area (Å²) in [5.74, 6) is 0.211. The number of benzene rings is 1. The van der Waals surface area contributed by atoms with Crippen LogP contribution < -0.4 is 0 Å². The summed E-state index contributed by atoms with van der Waals surface area (Å²) in [4.78, 5) is -0.346. The maximum absolute atomic E-state index is 12.7. The van der Waals surface area contributed by atoms with Gasteiger partial charge in [0.1, 0.15) is 0 Å². The van der Waals surface area contributed by atoms with Crippen LogP contribution in [0.3, 0.4) is 0 Å². The van der Waals surface area contributed by atoms with E-state index in [2.05, 4.69) is 0 Å². The van der Waals surface area contributed by atoms with Crippen LogP contribution in [0.15, 0.2) is 29.2 Å². The van der Waals surface area contributed by atoms with Crippen LogP contribution in [0.4, 0.5) is 13.2 Å². The normalized spacial score (nSPS) is 24.4. The summed E-state index contributed by atoms with van der Waals surface area (Å²) in [5, 5.41) is 0. The molecule has 1 heterocycles. The first-order chi connectivity index (χ1) is 9.67. The minimum atomic E-state index is -4.57. The summed E-state index contributed by atoms with van der Waals surface area (Å²) in [7, 11) is -3.97. The second-order valence-electron chi connectivity index (χ2n) is 5.13. The monoisotopic (exact) mass is 341 g/mol. The fraction of sp³-hybridized carbons (Fsp3) is 0.538. The number of rotatable bonds is 3. The van der Waals surface area contributed by atoms with Crippen molar-refractivity contribution >= 4 is 21.6 Å². The average molecular weight is 342 g/mol. The summed E-state index contributed by atoms with van der Waals surface area (Å²) in [5.41, 5.74) is -0.974. The van der Waals surface area contributed by atoms with E-state index >= 15 is 0 Å². The first kappa shape index (κ1) is 16.6. The number of alkyl halides is 4. The molecule has 118 valence electrons. The molecule has 2 rings (SSSR count). The topological polar surface area (TPSA) is 37.4 Å². The Kier molecular flexibility index (Phi) is 4.56. The molecule has 21 heavy (non-hydrogen) atoms. The summed E-state index contributed by atoms with van der Waals surface area (Å²) >= 11 is 5.81. The molecule has 0 N–H and O–H groups in total. The average Bonchev–Trinajstić information content (AvgIpc) is 2.79. The van der Waals surface area contributed by atoms with E-state index in [0.717, 1.165) is 12.1 Å². The van der Waals surface area contributed by atoms with E-state index in [1.165, 1.54) is 10.4 Å². The lowest BCUT2D eigenvalue weighted by Gasteiger charge is -2.24. The number of sulfonamides is 1. The van der Waals surface area contributed by atoms with Gasteiger partial charge in [-0.05, 0) is 30.5 Å². The van der Waals surface area contributed by atoms with Gasteiger partial charge in [0, 0.05) is 18.5 Å². The SMILES string of the molecule is CC1CCN(S(=O)(=O)c2cccc(C(F)(F)F)c2)C1CCl. The number of nitrogens with zero attached hydrogens (tertiary/aromatic N) is 1. The van der Waals surface area contributed by atoms with Crippen LogP contribution in [-0.2, 0) is 16.2 Å². The van der Waals surface area contributed by atoms with E-state index in [1.54, 1.807) is 0 Å². The number of hydrogen-bond acceptors (Lipinski definition) is 2. The van der Waals surface area contributed by atoms with E-state index in [0.29, 0.717) is 12.5 Å². The molecule has 3 nitrogen and oxygen atoms in total. The summed E-state index contributed by atoms with van der Waals surface area (Å²) in [6.45, 7) is 2.16. The summed E-state index contributed by atoms with van der Waals surface area (Å²) in [6, 6.07) is 3.42. The predicted octanol–water partition coefficient (Wildman–Crippen LogP) is 3.34. The molecule has 1 saturated heterocycles. The molecule has 0 saturated carbocycles. The highest BCUT2D eigenvalue weighted by Crippen LogP contribution is 2.34. The fourth-order valence-electron chi connectivity index (χ4n) is 2.47. The van der Waals surface area contributed by atoms with Crippen LogP contribution in [0.25, 0.3) is 0 Å². The molecule has 8 heteroatoms. The fourth-order valence-corrected chi connectivity index (χ4v) is 4.80. The van der Waals surface area contributed by atoms with Gasteiger partial charge < -0.3 is 0 Å². The molecule has 1 aromatic rings. The molecule has 1 fully saturated rings. The minimum Gasteiger partial charge on any atom is -0.207 e. The Morgan fingerprint density at radius 1 is 1.38 bits per heavy atom. The number of halogens is 4. The molecule has 0 radical (unpaired) electrons. The smallest absolute Gasteiger partial charge is 0.207 e. The molecule has 1 aromatic carbocycles. The lowest BCUT2D eigenvalue weighted by atomic mass is 10.1. The largest absolute Gasteiger partial charge is 0.416 e. The van der Waals surface area contributed by atoms with Gasteiger partial charge in [0.2, 0.25) is 10.0 Å². The van der Waals surface area contributed by atoms with Gasteiger partial charge in [-0.2, -0.15) is 17.5 Å². The second kappa shape index (κ2) is 5.78. The first-order valence-electron chi connectivity index (χ1n) is 6.43. The maximum Gasteiger partial charge on any atom is 0.416 e. The summed E-state index contributed by atoms with van der Waals surface area (Å²) in [6.07, 6.45) is -3.93. The highest BCUT2D eigenvalue weighted by atomic mass is 35.5. The molecule has 1 aliphatic rings. The molecule has 1 aliphatic heterocycles. The van der Waals surface area contributed by atoms with Crippen LogP contribution >= 0.6 is 11.6 Å². The highest BCUT2D eigenvalue weighted by molar-refractivity contribution is 7.89. The van der Waals surface area contributed by atoms with Gasteiger partial charge in [-0.25, -0.2) is 8.42 Å². The van der Waals surface area contributed by atoms with Gasteiger partial charge >= 0.3 is 6.18 Å². The van der Waals surface area contributed by atoms with Crippen molar-refractivity contribution in [2.45, 2.75) is 30.5 Å². The van der Waals surface area contributed by atoms with Gasteiger partial charge in [-0.3, -0.25) is 0 Å². The molecule has 0 spiro atoms. The van der Waals surface area contributed by atoms with Gasteiger partial charge in [0.25, 0.3) is 0 Å². The molecule has 0 amide bonds. The zero-order valence-corrected chi connectivity index (χ0v) is 12.8. The van der Waals surface area contributed by atoms with Crippen molar-refractivity contribution in [3.8, 4) is 0 Å². The van der Waals surface area contributed by atoms with Crippen LogP contribution in [-0.4, -0.2) is 31.2 Å². The third kappa shape index (κ3) is 3.19. The van der Waals surface area contributed by atoms with Gasteiger partial charge in [0.05, 0.1) is 10.5 Å². The van der Waals surface area contributed by atoms with Crippen molar-refractivity contribution in [1.82, 2.24) is 4.31 Å². The van der Waals surface area contributed by atoms with E-state index in [-0.39, 0.29) is 29.3 Å². The Bertz CT molecular complexity index is 618. The van der Waals surface area contributed by atoms with E-state index < -0.39 is 21.8 Å². The van der Waals surface area contributed by atoms with Crippen LogP contribution in [0.5, 0.6) is 0 Å². The summed E-state index contributed by atoms with van der Waals surface area (Å²) < 4.78 is 64.4. The van der Waals surface area contributed by atoms with Crippen molar-refractivity contribution in [2.24, 2.45) is 5.92 Å². The second-order valence-corrected chi connectivity index (χ2v) is 7.33. The van der Waals surface area contributed by atoms with Gasteiger partial charge in [-0.15, -0.1) is 11.6 Å². The minimum absolute atomic E-state index is 0.0862. The molecule has 0 bridgehead atoms. The van der Waals surface area contributed by atoms with Gasteiger partial charge in [-0.1, -0.05) is 13.0 Å². The van der Waals surface area contributed by atoms with Crippen molar-refractivity contribution in [1.29, 1.82) is 0 Å². The lowest BCUT2D eigenvalue weighted by Crippen LogP contribution is -2.38. The van der Waals surface area contributed by atoms with Crippen molar-refractivity contribution in [2.75, 3.05) is 12.4 Å². The molecule has 2 atom stereocenters. The maximum atomic E-state index is 12.7. The third-order valence-electron chi connectivity index (χ3n) is 3.76. The number of hydrogen-bond donors (Lipinski definition) is 0. The predicted molar refractivity (Wildman–Crippen MR) is 73.6 cm³/mol. The lowest BCUT2D eigenvalue weighted by molar-refractivity contribution is -0.137. The van der Waals surface area contributed by atoms with Crippen LogP contribution in [0.1, 0.15) is 18.9 Å². The van der Waals surface area contributed by atoms with Crippen LogP contribution in [0, 0.1) is 5.92 Å². The molecule has 0 aliphatic carbocycles. The molecule has 0 aromatic heterocycles. The van der Waals surface area contributed by atoms with Gasteiger partial charge in [0.15, 0.2) is 0 Å².